The van der Waals surface area contributed by atoms with Crippen molar-refractivity contribution in [1.29, 1.82) is 0 Å². The van der Waals surface area contributed by atoms with Crippen molar-refractivity contribution in [1.82, 2.24) is 14.9 Å². The molecule has 1 N–H and O–H groups in total. The van der Waals surface area contributed by atoms with Crippen molar-refractivity contribution in [2.45, 2.75) is 31.9 Å². The van der Waals surface area contributed by atoms with Gasteiger partial charge in [0.15, 0.2) is 0 Å². The molecule has 3 aromatic rings. The van der Waals surface area contributed by atoms with E-state index in [1.807, 2.05) is 6.20 Å². The van der Waals surface area contributed by atoms with Crippen molar-refractivity contribution >= 4 is 34.2 Å². The van der Waals surface area contributed by atoms with Gasteiger partial charge in [0.1, 0.15) is 5.60 Å². The molecule has 5 rings (SSSR count). The molecule has 2 aromatic heterocycles. The lowest BCUT2D eigenvalue weighted by Gasteiger charge is -2.39. The summed E-state index contributed by atoms with van der Waals surface area (Å²) in [5.41, 5.74) is 2.75. The normalized spacial score (nSPS) is 18.3. The average molecular weight is 411 g/mol. The van der Waals surface area contributed by atoms with E-state index in [9.17, 15) is 4.79 Å². The van der Waals surface area contributed by atoms with Crippen molar-refractivity contribution in [2.75, 3.05) is 24.5 Å². The molecule has 0 atom stereocenters. The molecular formula is C22H23ClN4O2. The fraction of sp³-hybridized carbons (Fsp3) is 0.364. The average Bonchev–Trinajstić information content (AvgIpc) is 3.31. The zero-order chi connectivity index (χ0) is 20.0. The first kappa shape index (κ1) is 18.3. The number of pyridine rings is 1. The number of rotatable bonds is 3. The Morgan fingerprint density at radius 3 is 2.72 bits per heavy atom. The number of nitrogens with one attached hydrogen (secondary N) is 1. The van der Waals surface area contributed by atoms with E-state index in [4.69, 9.17) is 16.3 Å². The molecule has 2 saturated heterocycles. The van der Waals surface area contributed by atoms with Crippen LogP contribution in [0.5, 0.6) is 0 Å². The number of hydrogen-bond acceptors (Lipinski definition) is 4. The van der Waals surface area contributed by atoms with Crippen LogP contribution in [-0.4, -0.2) is 40.9 Å². The van der Waals surface area contributed by atoms with Crippen LogP contribution in [0.15, 0.2) is 43.0 Å². The molecule has 1 aromatic carbocycles. The summed E-state index contributed by atoms with van der Waals surface area (Å²) >= 11 is 6.63. The number of aryl methyl sites for hydroxylation is 1. The highest BCUT2D eigenvalue weighted by Crippen LogP contribution is 2.40. The molecule has 0 unspecified atom stereocenters. The third-order valence-electron chi connectivity index (χ3n) is 6.10. The van der Waals surface area contributed by atoms with Gasteiger partial charge in [0.05, 0.1) is 17.3 Å². The fourth-order valence-corrected chi connectivity index (χ4v) is 4.71. The van der Waals surface area contributed by atoms with E-state index in [2.05, 4.69) is 57.3 Å². The van der Waals surface area contributed by atoms with Crippen LogP contribution in [0.2, 0.25) is 5.02 Å². The van der Waals surface area contributed by atoms with Crippen LogP contribution in [0.1, 0.15) is 19.8 Å². The molecule has 0 bridgehead atoms. The van der Waals surface area contributed by atoms with Crippen LogP contribution in [0.25, 0.3) is 21.9 Å². The smallest absolute Gasteiger partial charge is 0.407 e. The lowest BCUT2D eigenvalue weighted by Crippen LogP contribution is -2.46. The molecule has 0 aliphatic carbocycles. The van der Waals surface area contributed by atoms with E-state index >= 15 is 0 Å². The van der Waals surface area contributed by atoms with Gasteiger partial charge < -0.3 is 19.5 Å². The second-order valence-electron chi connectivity index (χ2n) is 7.86. The van der Waals surface area contributed by atoms with Crippen molar-refractivity contribution in [3.8, 4) is 11.1 Å². The Hall–Kier alpha value is -2.73. The molecule has 7 heteroatoms. The van der Waals surface area contributed by atoms with Gasteiger partial charge in [0.25, 0.3) is 0 Å². The molecule has 2 aliphatic heterocycles. The van der Waals surface area contributed by atoms with Crippen LogP contribution in [0, 0.1) is 0 Å². The number of fused-ring (bicyclic) bond motifs is 1. The number of carbonyl (C=O) groups excluding carboxylic acids is 1. The Morgan fingerprint density at radius 2 is 2.00 bits per heavy atom. The number of carbonyl (C=O) groups is 1. The lowest BCUT2D eigenvalue weighted by molar-refractivity contribution is 0.0367. The minimum atomic E-state index is -0.380. The minimum absolute atomic E-state index is 0.312. The Balaban J connectivity index is 1.48. The molecule has 1 amide bonds. The summed E-state index contributed by atoms with van der Waals surface area (Å²) in [4.78, 5) is 18.2. The highest BCUT2D eigenvalue weighted by atomic mass is 35.5. The number of anilines is 1. The molecule has 4 heterocycles. The number of hydrogen-bond donors (Lipinski definition) is 1. The lowest BCUT2D eigenvalue weighted by atomic mass is 9.91. The molecule has 1 spiro atoms. The summed E-state index contributed by atoms with van der Waals surface area (Å²) in [6, 6.07) is 6.48. The van der Waals surface area contributed by atoms with E-state index < -0.39 is 0 Å². The topological polar surface area (TPSA) is 59.4 Å². The van der Waals surface area contributed by atoms with Gasteiger partial charge in [-0.1, -0.05) is 23.7 Å². The number of benzene rings is 1. The predicted molar refractivity (Wildman–Crippen MR) is 115 cm³/mol. The van der Waals surface area contributed by atoms with E-state index in [0.29, 0.717) is 11.6 Å². The molecular weight excluding hydrogens is 388 g/mol. The molecule has 0 radical (unpaired) electrons. The summed E-state index contributed by atoms with van der Waals surface area (Å²) in [5.74, 6) is 0. The van der Waals surface area contributed by atoms with Gasteiger partial charge in [-0.05, 0) is 29.3 Å². The Bertz CT molecular complexity index is 1090. The van der Waals surface area contributed by atoms with Crippen LogP contribution >= 0.6 is 11.6 Å². The minimum Gasteiger partial charge on any atom is -0.441 e. The third kappa shape index (κ3) is 3.21. The van der Waals surface area contributed by atoms with E-state index in [0.717, 1.165) is 49.3 Å². The number of piperidine rings is 1. The standard InChI is InChI=1S/C22H23ClN4O2/c1-2-26-12-16-4-3-15(9-17(16)13-26)18-10-24-11-19(23)20(18)27-7-5-22(6-8-27)14-25-21(28)29-22/h3-4,9-13H,2,5-8,14H2,1H3,(H,25,28). The Labute approximate surface area is 174 Å². The summed E-state index contributed by atoms with van der Waals surface area (Å²) < 4.78 is 7.74. The van der Waals surface area contributed by atoms with Gasteiger partial charge in [-0.2, -0.15) is 0 Å². The van der Waals surface area contributed by atoms with E-state index in [1.165, 1.54) is 10.8 Å². The molecule has 29 heavy (non-hydrogen) atoms. The van der Waals surface area contributed by atoms with Crippen molar-refractivity contribution in [3.05, 3.63) is 48.0 Å². The predicted octanol–water partition coefficient (Wildman–Crippen LogP) is 4.46. The molecule has 0 saturated carbocycles. The monoisotopic (exact) mass is 410 g/mol. The first-order chi connectivity index (χ1) is 14.1. The Kier molecular flexibility index (Phi) is 4.39. The second kappa shape index (κ2) is 6.95. The van der Waals surface area contributed by atoms with Gasteiger partial charge in [-0.25, -0.2) is 4.79 Å². The highest BCUT2D eigenvalue weighted by Gasteiger charge is 2.43. The summed E-state index contributed by atoms with van der Waals surface area (Å²) in [7, 11) is 0. The van der Waals surface area contributed by atoms with Crippen LogP contribution in [0.3, 0.4) is 0 Å². The second-order valence-corrected chi connectivity index (χ2v) is 8.27. The van der Waals surface area contributed by atoms with Crippen LogP contribution in [0.4, 0.5) is 10.5 Å². The fourth-order valence-electron chi connectivity index (χ4n) is 4.43. The van der Waals surface area contributed by atoms with Crippen molar-refractivity contribution in [2.24, 2.45) is 0 Å². The van der Waals surface area contributed by atoms with E-state index in [-0.39, 0.29) is 11.7 Å². The largest absolute Gasteiger partial charge is 0.441 e. The summed E-state index contributed by atoms with van der Waals surface area (Å²) in [6.45, 7) is 5.23. The number of nitrogens with zero attached hydrogens (tertiary/aromatic N) is 3. The maximum absolute atomic E-state index is 11.5. The molecule has 6 nitrogen and oxygen atoms in total. The number of ether oxygens (including phenoxy) is 1. The van der Waals surface area contributed by atoms with E-state index in [1.54, 1.807) is 6.20 Å². The number of alkyl carbamates (subject to hydrolysis) is 1. The van der Waals surface area contributed by atoms with Crippen molar-refractivity contribution < 1.29 is 9.53 Å². The molecule has 2 aliphatic rings. The maximum atomic E-state index is 11.5. The van der Waals surface area contributed by atoms with Gasteiger partial charge in [-0.3, -0.25) is 4.98 Å². The van der Waals surface area contributed by atoms with Crippen molar-refractivity contribution in [3.63, 3.8) is 0 Å². The number of amides is 1. The van der Waals surface area contributed by atoms with Gasteiger partial charge >= 0.3 is 6.09 Å². The number of aromatic nitrogens is 2. The van der Waals surface area contributed by atoms with Crippen LogP contribution in [-0.2, 0) is 11.3 Å². The highest BCUT2D eigenvalue weighted by molar-refractivity contribution is 6.33. The molecule has 150 valence electrons. The summed E-state index contributed by atoms with van der Waals surface area (Å²) in [5, 5.41) is 5.86. The first-order valence-electron chi connectivity index (χ1n) is 10.0. The summed E-state index contributed by atoms with van der Waals surface area (Å²) in [6.07, 6.45) is 9.17. The first-order valence-corrected chi connectivity index (χ1v) is 10.4. The Morgan fingerprint density at radius 1 is 1.21 bits per heavy atom. The quantitative estimate of drug-likeness (QED) is 0.692. The zero-order valence-electron chi connectivity index (χ0n) is 16.3. The van der Waals surface area contributed by atoms with Gasteiger partial charge in [-0.15, -0.1) is 0 Å². The number of halogens is 1. The zero-order valence-corrected chi connectivity index (χ0v) is 17.1. The van der Waals surface area contributed by atoms with Gasteiger partial charge in [0.2, 0.25) is 0 Å². The van der Waals surface area contributed by atoms with Crippen LogP contribution < -0.4 is 10.2 Å². The van der Waals surface area contributed by atoms with Gasteiger partial charge in [0, 0.05) is 62.8 Å². The third-order valence-corrected chi connectivity index (χ3v) is 6.38. The maximum Gasteiger partial charge on any atom is 0.407 e. The SMILES string of the molecule is CCn1cc2ccc(-c3cncc(Cl)c3N3CCC4(CC3)CNC(=O)O4)cc2c1. The molecule has 2 fully saturated rings.